The average Bonchev–Trinajstić information content (AvgIpc) is 2.29. The number of methoxy groups -OCH3 is 1. The van der Waals surface area contributed by atoms with Crippen molar-refractivity contribution in [2.45, 2.75) is 6.42 Å². The minimum atomic E-state index is -0.409. The predicted octanol–water partition coefficient (Wildman–Crippen LogP) is 2.13. The van der Waals surface area contributed by atoms with Crippen LogP contribution >= 0.6 is 11.6 Å². The van der Waals surface area contributed by atoms with E-state index in [2.05, 4.69) is 16.6 Å². The third-order valence-electron chi connectivity index (χ3n) is 1.79. The second-order valence-electron chi connectivity index (χ2n) is 2.86. The molecule has 0 saturated heterocycles. The number of hydrogen-bond acceptors (Lipinski definition) is 3. The summed E-state index contributed by atoms with van der Waals surface area (Å²) in [7, 11) is 1.30. The Hall–Kier alpha value is -1.97. The molecule has 0 amide bonds. The molecule has 0 saturated carbocycles. The van der Waals surface area contributed by atoms with Gasteiger partial charge in [0.15, 0.2) is 0 Å². The molecule has 1 rings (SSSR count). The van der Waals surface area contributed by atoms with E-state index in [0.29, 0.717) is 16.1 Å². The van der Waals surface area contributed by atoms with Gasteiger partial charge >= 0.3 is 5.97 Å². The molecule has 0 aliphatic rings. The monoisotopic (exact) mass is 233 g/mol. The Morgan fingerprint density at radius 1 is 1.50 bits per heavy atom. The summed E-state index contributed by atoms with van der Waals surface area (Å²) in [6, 6.07) is 6.79. The fraction of sp³-hybridized carbons (Fsp3) is 0.167. The highest BCUT2D eigenvalue weighted by Crippen LogP contribution is 2.14. The number of ether oxygens (including phenoxy) is 1. The van der Waals surface area contributed by atoms with Crippen molar-refractivity contribution in [3.63, 3.8) is 0 Å². The molecule has 3 nitrogen and oxygen atoms in total. The van der Waals surface area contributed by atoms with E-state index in [1.165, 1.54) is 7.11 Å². The molecule has 0 radical (unpaired) electrons. The van der Waals surface area contributed by atoms with Crippen molar-refractivity contribution in [2.24, 2.45) is 0 Å². The molecule has 0 fully saturated rings. The zero-order valence-corrected chi connectivity index (χ0v) is 9.34. The first-order chi connectivity index (χ1) is 7.67. The van der Waals surface area contributed by atoms with Crippen LogP contribution in [0.25, 0.3) is 0 Å². The highest BCUT2D eigenvalue weighted by atomic mass is 35.5. The van der Waals surface area contributed by atoms with Gasteiger partial charge in [0.2, 0.25) is 0 Å². The highest BCUT2D eigenvalue weighted by molar-refractivity contribution is 6.30. The average molecular weight is 234 g/mol. The maximum absolute atomic E-state index is 10.8. The lowest BCUT2D eigenvalue weighted by atomic mass is 10.1. The molecule has 0 aliphatic heterocycles. The van der Waals surface area contributed by atoms with Gasteiger partial charge in [0, 0.05) is 10.6 Å². The number of halogens is 1. The zero-order chi connectivity index (χ0) is 12.0. The van der Waals surface area contributed by atoms with Gasteiger partial charge in [-0.15, -0.1) is 0 Å². The van der Waals surface area contributed by atoms with Crippen LogP contribution in [0.15, 0.2) is 18.2 Å². The molecular weight excluding hydrogens is 226 g/mol. The van der Waals surface area contributed by atoms with Gasteiger partial charge in [-0.3, -0.25) is 4.79 Å². The first-order valence-corrected chi connectivity index (χ1v) is 4.80. The van der Waals surface area contributed by atoms with E-state index in [4.69, 9.17) is 16.9 Å². The van der Waals surface area contributed by atoms with Gasteiger partial charge < -0.3 is 4.74 Å². The lowest BCUT2D eigenvalue weighted by molar-refractivity contribution is -0.139. The maximum atomic E-state index is 10.8. The molecule has 0 atom stereocenters. The summed E-state index contributed by atoms with van der Waals surface area (Å²) in [6.07, 6.45) is -0.00607. The van der Waals surface area contributed by atoms with Gasteiger partial charge in [0.05, 0.1) is 12.7 Å². The Morgan fingerprint density at radius 2 is 2.25 bits per heavy atom. The van der Waals surface area contributed by atoms with Gasteiger partial charge in [-0.25, -0.2) is 0 Å². The van der Waals surface area contributed by atoms with Crippen molar-refractivity contribution in [1.29, 1.82) is 5.26 Å². The quantitative estimate of drug-likeness (QED) is 0.552. The summed E-state index contributed by atoms with van der Waals surface area (Å²) in [5.74, 6) is 4.92. The molecule has 0 heterocycles. The van der Waals surface area contributed by atoms with Crippen LogP contribution in [-0.4, -0.2) is 13.1 Å². The summed E-state index contributed by atoms with van der Waals surface area (Å²) in [6.45, 7) is 0. The molecule has 16 heavy (non-hydrogen) atoms. The summed E-state index contributed by atoms with van der Waals surface area (Å²) in [5, 5.41) is 9.31. The molecular formula is C12H8ClNO2. The molecule has 1 aromatic carbocycles. The van der Waals surface area contributed by atoms with Crippen LogP contribution in [0.4, 0.5) is 0 Å². The Bertz CT molecular complexity index is 506. The Balaban J connectivity index is 2.92. The molecule has 0 unspecified atom stereocenters. The number of rotatable bonds is 1. The summed E-state index contributed by atoms with van der Waals surface area (Å²) in [4.78, 5) is 10.8. The number of nitriles is 1. The van der Waals surface area contributed by atoms with Crippen molar-refractivity contribution in [3.8, 4) is 17.9 Å². The number of carbonyl (C=O) groups excluding carboxylic acids is 1. The largest absolute Gasteiger partial charge is 0.468 e. The van der Waals surface area contributed by atoms with Gasteiger partial charge in [-0.05, 0) is 18.2 Å². The SMILES string of the molecule is COC(=O)CC#Cc1cc(Cl)ccc1C#N. The van der Waals surface area contributed by atoms with Crippen LogP contribution in [0.3, 0.4) is 0 Å². The standard InChI is InChI=1S/C12H8ClNO2/c1-16-12(15)4-2-3-9-7-11(13)6-5-10(9)8-14/h5-7H,4H2,1H3. The van der Waals surface area contributed by atoms with Crippen molar-refractivity contribution in [2.75, 3.05) is 7.11 Å². The van der Waals surface area contributed by atoms with Gasteiger partial charge in [-0.1, -0.05) is 23.4 Å². The van der Waals surface area contributed by atoms with Crippen LogP contribution in [0.2, 0.25) is 5.02 Å². The number of esters is 1. The first-order valence-electron chi connectivity index (χ1n) is 4.42. The Kier molecular flexibility index (Phi) is 4.39. The molecule has 4 heteroatoms. The van der Waals surface area contributed by atoms with Crippen molar-refractivity contribution >= 4 is 17.6 Å². The van der Waals surface area contributed by atoms with E-state index in [1.807, 2.05) is 6.07 Å². The molecule has 0 aromatic heterocycles. The lowest BCUT2D eigenvalue weighted by Gasteiger charge is -1.95. The predicted molar refractivity (Wildman–Crippen MR) is 59.7 cm³/mol. The Morgan fingerprint density at radius 3 is 2.88 bits per heavy atom. The van der Waals surface area contributed by atoms with Crippen LogP contribution in [0.5, 0.6) is 0 Å². The van der Waals surface area contributed by atoms with Crippen molar-refractivity contribution in [3.05, 3.63) is 34.3 Å². The van der Waals surface area contributed by atoms with E-state index in [1.54, 1.807) is 18.2 Å². The maximum Gasteiger partial charge on any atom is 0.317 e. The molecule has 0 bridgehead atoms. The fourth-order valence-electron chi connectivity index (χ4n) is 1.00. The van der Waals surface area contributed by atoms with Crippen molar-refractivity contribution < 1.29 is 9.53 Å². The molecule has 1 aromatic rings. The second kappa shape index (κ2) is 5.80. The molecule has 0 N–H and O–H groups in total. The fourth-order valence-corrected chi connectivity index (χ4v) is 1.17. The number of hydrogen-bond donors (Lipinski definition) is 0. The highest BCUT2D eigenvalue weighted by Gasteiger charge is 2.00. The summed E-state index contributed by atoms with van der Waals surface area (Å²) in [5.41, 5.74) is 0.945. The van der Waals surface area contributed by atoms with E-state index in [0.717, 1.165) is 0 Å². The van der Waals surface area contributed by atoms with Crippen molar-refractivity contribution in [1.82, 2.24) is 0 Å². The smallest absolute Gasteiger partial charge is 0.317 e. The van der Waals surface area contributed by atoms with Crippen LogP contribution in [-0.2, 0) is 9.53 Å². The Labute approximate surface area is 98.6 Å². The van der Waals surface area contributed by atoms with Crippen LogP contribution in [0.1, 0.15) is 17.5 Å². The van der Waals surface area contributed by atoms with Gasteiger partial charge in [0.25, 0.3) is 0 Å². The summed E-state index contributed by atoms with van der Waals surface area (Å²) >= 11 is 5.77. The van der Waals surface area contributed by atoms with Crippen LogP contribution in [0, 0.1) is 23.2 Å². The third-order valence-corrected chi connectivity index (χ3v) is 2.02. The lowest BCUT2D eigenvalue weighted by Crippen LogP contribution is -1.97. The number of benzene rings is 1. The minimum absolute atomic E-state index is 0.00607. The van der Waals surface area contributed by atoms with E-state index < -0.39 is 5.97 Å². The van der Waals surface area contributed by atoms with E-state index in [-0.39, 0.29) is 6.42 Å². The second-order valence-corrected chi connectivity index (χ2v) is 3.29. The topological polar surface area (TPSA) is 50.1 Å². The number of nitrogens with zero attached hydrogens (tertiary/aromatic N) is 1. The molecule has 0 spiro atoms. The normalized spacial score (nSPS) is 8.56. The first kappa shape index (κ1) is 12.1. The van der Waals surface area contributed by atoms with Gasteiger partial charge in [0.1, 0.15) is 12.5 Å². The van der Waals surface area contributed by atoms with Gasteiger partial charge in [-0.2, -0.15) is 5.26 Å². The molecule has 80 valence electrons. The van der Waals surface area contributed by atoms with E-state index >= 15 is 0 Å². The minimum Gasteiger partial charge on any atom is -0.468 e. The molecule has 0 aliphatic carbocycles. The van der Waals surface area contributed by atoms with Crippen LogP contribution < -0.4 is 0 Å². The third kappa shape index (κ3) is 3.31. The zero-order valence-electron chi connectivity index (χ0n) is 8.58. The number of carbonyl (C=O) groups is 1. The summed E-state index contributed by atoms with van der Waals surface area (Å²) < 4.78 is 4.44. The van der Waals surface area contributed by atoms with E-state index in [9.17, 15) is 4.79 Å².